The third-order valence-corrected chi connectivity index (χ3v) is 3.46. The van der Waals surface area contributed by atoms with Crippen LogP contribution in [0.1, 0.15) is 26.7 Å². The first-order valence-corrected chi connectivity index (χ1v) is 6.79. The van der Waals surface area contributed by atoms with Crippen LogP contribution < -0.4 is 5.32 Å². The van der Waals surface area contributed by atoms with Gasteiger partial charge in [0.05, 0.1) is 16.5 Å². The van der Waals surface area contributed by atoms with Crippen molar-refractivity contribution in [1.29, 1.82) is 0 Å². The number of esters is 1. The SMILES string of the molecule is CCCC(C)(Nc1c(Br)cncc1[N+](=O)[O-])C(=O)OC. The average Bonchev–Trinajstić information content (AvgIpc) is 2.40. The smallest absolute Gasteiger partial charge is 0.331 e. The predicted octanol–water partition coefficient (Wildman–Crippen LogP) is 2.90. The van der Waals surface area contributed by atoms with Gasteiger partial charge in [0.1, 0.15) is 17.4 Å². The lowest BCUT2D eigenvalue weighted by Crippen LogP contribution is -2.44. The van der Waals surface area contributed by atoms with Crippen LogP contribution in [0.2, 0.25) is 0 Å². The molecule has 1 rings (SSSR count). The molecule has 110 valence electrons. The summed E-state index contributed by atoms with van der Waals surface area (Å²) in [5, 5.41) is 14.0. The molecule has 0 bridgehead atoms. The number of nitro groups is 1. The van der Waals surface area contributed by atoms with Crippen LogP contribution in [-0.4, -0.2) is 28.5 Å². The Morgan fingerprint density at radius 3 is 2.75 bits per heavy atom. The van der Waals surface area contributed by atoms with Crippen LogP contribution in [-0.2, 0) is 9.53 Å². The molecule has 0 aliphatic heterocycles. The molecule has 8 heteroatoms. The molecular weight excluding hydrogens is 330 g/mol. The number of nitrogens with zero attached hydrogens (tertiary/aromatic N) is 2. The Hall–Kier alpha value is -1.70. The van der Waals surface area contributed by atoms with Gasteiger partial charge in [0, 0.05) is 6.20 Å². The van der Waals surface area contributed by atoms with Crippen molar-refractivity contribution in [1.82, 2.24) is 4.98 Å². The Bertz CT molecular complexity index is 523. The minimum Gasteiger partial charge on any atom is -0.467 e. The van der Waals surface area contributed by atoms with E-state index in [4.69, 9.17) is 4.74 Å². The molecular formula is C12H16BrN3O4. The molecule has 1 aromatic rings. The molecule has 20 heavy (non-hydrogen) atoms. The average molecular weight is 346 g/mol. The number of rotatable bonds is 6. The molecule has 1 aromatic heterocycles. The Morgan fingerprint density at radius 2 is 2.25 bits per heavy atom. The Balaban J connectivity index is 3.24. The van der Waals surface area contributed by atoms with Gasteiger partial charge in [-0.2, -0.15) is 0 Å². The minimum atomic E-state index is -1.04. The molecule has 0 saturated carbocycles. The largest absolute Gasteiger partial charge is 0.467 e. The van der Waals surface area contributed by atoms with Crippen LogP contribution in [0.3, 0.4) is 0 Å². The summed E-state index contributed by atoms with van der Waals surface area (Å²) in [6, 6.07) is 0. The van der Waals surface area contributed by atoms with E-state index in [1.165, 1.54) is 13.3 Å². The van der Waals surface area contributed by atoms with E-state index in [1.54, 1.807) is 6.92 Å². The summed E-state index contributed by atoms with van der Waals surface area (Å²) in [4.78, 5) is 26.2. The number of anilines is 1. The van der Waals surface area contributed by atoms with E-state index >= 15 is 0 Å². The van der Waals surface area contributed by atoms with E-state index in [1.807, 2.05) is 6.92 Å². The first-order chi connectivity index (χ1) is 9.35. The minimum absolute atomic E-state index is 0.203. The number of methoxy groups -OCH3 is 1. The fourth-order valence-corrected chi connectivity index (χ4v) is 2.32. The highest BCUT2D eigenvalue weighted by Crippen LogP contribution is 2.34. The lowest BCUT2D eigenvalue weighted by molar-refractivity contribution is -0.384. The molecule has 0 fully saturated rings. The maximum Gasteiger partial charge on any atom is 0.331 e. The Labute approximate surface area is 125 Å². The first-order valence-electron chi connectivity index (χ1n) is 6.00. The Morgan fingerprint density at radius 1 is 1.60 bits per heavy atom. The van der Waals surface area contributed by atoms with E-state index in [0.29, 0.717) is 10.9 Å². The predicted molar refractivity (Wildman–Crippen MR) is 77.5 cm³/mol. The lowest BCUT2D eigenvalue weighted by Gasteiger charge is -2.28. The molecule has 0 radical (unpaired) electrons. The van der Waals surface area contributed by atoms with Crippen molar-refractivity contribution in [2.45, 2.75) is 32.2 Å². The molecule has 1 N–H and O–H groups in total. The normalized spacial score (nSPS) is 13.4. The highest BCUT2D eigenvalue weighted by molar-refractivity contribution is 9.10. The number of pyridine rings is 1. The maximum absolute atomic E-state index is 11.9. The number of nitrogens with one attached hydrogen (secondary N) is 1. The molecule has 1 atom stereocenters. The summed E-state index contributed by atoms with van der Waals surface area (Å²) in [7, 11) is 1.29. The van der Waals surface area contributed by atoms with Crippen molar-refractivity contribution >= 4 is 33.3 Å². The highest BCUT2D eigenvalue weighted by Gasteiger charge is 2.36. The second-order valence-electron chi connectivity index (χ2n) is 4.47. The van der Waals surface area contributed by atoms with Gasteiger partial charge in [-0.25, -0.2) is 4.79 Å². The van der Waals surface area contributed by atoms with Crippen molar-refractivity contribution in [3.63, 3.8) is 0 Å². The zero-order valence-corrected chi connectivity index (χ0v) is 13.1. The number of carbonyl (C=O) groups excluding carboxylic acids is 1. The molecule has 1 unspecified atom stereocenters. The van der Waals surface area contributed by atoms with Crippen LogP contribution in [0.25, 0.3) is 0 Å². The van der Waals surface area contributed by atoms with Gasteiger partial charge in [0.2, 0.25) is 0 Å². The van der Waals surface area contributed by atoms with Crippen LogP contribution in [0, 0.1) is 10.1 Å². The zero-order chi connectivity index (χ0) is 15.3. The molecule has 0 amide bonds. The molecule has 1 heterocycles. The van der Waals surface area contributed by atoms with Crippen molar-refractivity contribution < 1.29 is 14.5 Å². The fourth-order valence-electron chi connectivity index (χ4n) is 1.90. The van der Waals surface area contributed by atoms with E-state index in [-0.39, 0.29) is 11.4 Å². The molecule has 7 nitrogen and oxygen atoms in total. The monoisotopic (exact) mass is 345 g/mol. The summed E-state index contributed by atoms with van der Waals surface area (Å²) in [6.45, 7) is 3.57. The lowest BCUT2D eigenvalue weighted by atomic mass is 9.95. The maximum atomic E-state index is 11.9. The topological polar surface area (TPSA) is 94.4 Å². The molecule has 0 aliphatic carbocycles. The van der Waals surface area contributed by atoms with Gasteiger partial charge < -0.3 is 10.1 Å². The molecule has 0 aromatic carbocycles. The molecule has 0 spiro atoms. The van der Waals surface area contributed by atoms with E-state index < -0.39 is 16.4 Å². The van der Waals surface area contributed by atoms with E-state index in [2.05, 4.69) is 26.2 Å². The highest BCUT2D eigenvalue weighted by atomic mass is 79.9. The van der Waals surface area contributed by atoms with Crippen molar-refractivity contribution in [2.75, 3.05) is 12.4 Å². The van der Waals surface area contributed by atoms with Crippen molar-refractivity contribution in [3.05, 3.63) is 27.0 Å². The fraction of sp³-hybridized carbons (Fsp3) is 0.500. The van der Waals surface area contributed by atoms with Crippen LogP contribution in [0.15, 0.2) is 16.9 Å². The summed E-state index contributed by atoms with van der Waals surface area (Å²) in [5.74, 6) is -0.475. The quantitative estimate of drug-likeness (QED) is 0.484. The third kappa shape index (κ3) is 3.44. The number of carbonyl (C=O) groups is 1. The van der Waals surface area contributed by atoms with Gasteiger partial charge in [0.25, 0.3) is 0 Å². The van der Waals surface area contributed by atoms with Gasteiger partial charge in [-0.1, -0.05) is 13.3 Å². The standard InChI is InChI=1S/C12H16BrN3O4/c1-4-5-12(2,11(17)20-3)15-10-8(13)6-14-7-9(10)16(18)19/h6-7H,4-5H2,1-3H3,(H,14,15). The van der Waals surface area contributed by atoms with Gasteiger partial charge in [0.15, 0.2) is 0 Å². The number of halogens is 1. The van der Waals surface area contributed by atoms with Gasteiger partial charge >= 0.3 is 11.7 Å². The summed E-state index contributed by atoms with van der Waals surface area (Å²) < 4.78 is 5.19. The van der Waals surface area contributed by atoms with E-state index in [9.17, 15) is 14.9 Å². The third-order valence-electron chi connectivity index (χ3n) is 2.86. The second-order valence-corrected chi connectivity index (χ2v) is 5.33. The summed E-state index contributed by atoms with van der Waals surface area (Å²) in [5.41, 5.74) is -1.03. The number of hydrogen-bond acceptors (Lipinski definition) is 6. The second kappa shape index (κ2) is 6.65. The summed E-state index contributed by atoms with van der Waals surface area (Å²) >= 11 is 3.21. The number of aromatic nitrogens is 1. The van der Waals surface area contributed by atoms with Gasteiger partial charge in [-0.05, 0) is 29.3 Å². The summed E-state index contributed by atoms with van der Waals surface area (Å²) in [6.07, 6.45) is 3.76. The first kappa shape index (κ1) is 16.4. The van der Waals surface area contributed by atoms with Crippen LogP contribution in [0.5, 0.6) is 0 Å². The van der Waals surface area contributed by atoms with Gasteiger partial charge in [-0.3, -0.25) is 15.1 Å². The Kier molecular flexibility index (Phi) is 5.43. The van der Waals surface area contributed by atoms with Crippen LogP contribution in [0.4, 0.5) is 11.4 Å². The number of hydrogen-bond donors (Lipinski definition) is 1. The van der Waals surface area contributed by atoms with Crippen LogP contribution >= 0.6 is 15.9 Å². The van der Waals surface area contributed by atoms with Crippen molar-refractivity contribution in [3.8, 4) is 0 Å². The molecule has 0 aliphatic rings. The number of ether oxygens (including phenoxy) is 1. The zero-order valence-electron chi connectivity index (χ0n) is 11.5. The van der Waals surface area contributed by atoms with E-state index in [0.717, 1.165) is 12.6 Å². The molecule has 0 saturated heterocycles. The van der Waals surface area contributed by atoms with Crippen molar-refractivity contribution in [2.24, 2.45) is 0 Å². The van der Waals surface area contributed by atoms with Gasteiger partial charge in [-0.15, -0.1) is 0 Å².